The molecule has 10 heteroatoms. The number of alkyl halides is 3. The molecule has 0 saturated carbocycles. The maximum absolute atomic E-state index is 13.2. The van der Waals surface area contributed by atoms with Gasteiger partial charge in [-0.2, -0.15) is 13.2 Å². The Morgan fingerprint density at radius 2 is 1.83 bits per heavy atom. The summed E-state index contributed by atoms with van der Waals surface area (Å²) in [5, 5.41) is -0.348. The lowest BCUT2D eigenvalue weighted by molar-refractivity contribution is -0.137. The minimum atomic E-state index is -4.58. The molecule has 0 radical (unpaired) electrons. The normalized spacial score (nSPS) is 18.4. The summed E-state index contributed by atoms with van der Waals surface area (Å²) >= 11 is 6.08. The number of hydrogen-bond donors (Lipinski definition) is 0. The fourth-order valence-electron chi connectivity index (χ4n) is 4.66. The van der Waals surface area contributed by atoms with Crippen molar-refractivity contribution >= 4 is 17.6 Å². The number of carbonyl (C=O) groups excluding carboxylic acids is 1. The molecule has 6 nitrogen and oxygen atoms in total. The summed E-state index contributed by atoms with van der Waals surface area (Å²) in [6, 6.07) is 4.32. The van der Waals surface area contributed by atoms with Crippen LogP contribution in [0.2, 0.25) is 5.02 Å². The molecule has 0 amide bonds. The van der Waals surface area contributed by atoms with E-state index in [-0.39, 0.29) is 28.3 Å². The van der Waals surface area contributed by atoms with Gasteiger partial charge in [0.25, 0.3) is 0 Å². The average molecular weight is 530 g/mol. The van der Waals surface area contributed by atoms with Crippen LogP contribution in [-0.2, 0) is 17.3 Å². The third-order valence-corrected chi connectivity index (χ3v) is 6.85. The van der Waals surface area contributed by atoms with E-state index in [1.54, 1.807) is 6.07 Å². The minimum absolute atomic E-state index is 0.00376. The van der Waals surface area contributed by atoms with E-state index >= 15 is 0 Å². The van der Waals surface area contributed by atoms with Crippen molar-refractivity contribution in [1.29, 1.82) is 0 Å². The molecule has 2 aromatic carbocycles. The Hall–Kier alpha value is -2.49. The highest BCUT2D eigenvalue weighted by Crippen LogP contribution is 2.48. The molecular formula is C26H31ClF3NO5. The predicted octanol–water partition coefficient (Wildman–Crippen LogP) is 5.98. The van der Waals surface area contributed by atoms with Gasteiger partial charge in [0.1, 0.15) is 17.2 Å². The van der Waals surface area contributed by atoms with Crippen LogP contribution in [-0.4, -0.2) is 57.9 Å². The Kier molecular flexibility index (Phi) is 9.13. The first kappa shape index (κ1) is 28.1. The predicted molar refractivity (Wildman–Crippen MR) is 131 cm³/mol. The molecule has 1 fully saturated rings. The number of benzene rings is 2. The maximum atomic E-state index is 13.2. The zero-order valence-corrected chi connectivity index (χ0v) is 21.8. The first-order valence-corrected chi connectivity index (χ1v) is 12.1. The molecule has 2 aromatic rings. The van der Waals surface area contributed by atoms with Gasteiger partial charge in [-0.1, -0.05) is 18.5 Å². The molecule has 36 heavy (non-hydrogen) atoms. The van der Waals surface area contributed by atoms with Crippen molar-refractivity contribution in [3.8, 4) is 17.2 Å². The second-order valence-electron chi connectivity index (χ2n) is 8.54. The van der Waals surface area contributed by atoms with Crippen LogP contribution in [0.3, 0.4) is 0 Å². The molecule has 0 aliphatic carbocycles. The van der Waals surface area contributed by atoms with Crippen LogP contribution in [0, 0.1) is 0 Å². The van der Waals surface area contributed by atoms with Crippen molar-refractivity contribution in [1.82, 2.24) is 4.90 Å². The lowest BCUT2D eigenvalue weighted by Crippen LogP contribution is -2.33. The highest BCUT2D eigenvalue weighted by molar-refractivity contribution is 6.33. The lowest BCUT2D eigenvalue weighted by Gasteiger charge is -2.29. The standard InChI is InChI=1S/C26H31ClF3NO5/c1-6-16-21(33-4)13-22(34-5)23(18-10-11-31(3)20(18)14-35-7-2)24(16)36-25(32)17-9-8-15(12-19(17)27)26(28,29)30/h8-9,12-13,18,20H,6-7,10-11,14H2,1-5H3/t18-,20+/m1/s1. The van der Waals surface area contributed by atoms with Crippen LogP contribution in [0.5, 0.6) is 17.2 Å². The van der Waals surface area contributed by atoms with Gasteiger partial charge in [-0.3, -0.25) is 0 Å². The third-order valence-electron chi connectivity index (χ3n) is 6.54. The van der Waals surface area contributed by atoms with Crippen molar-refractivity contribution in [2.45, 2.75) is 44.8 Å². The number of likely N-dealkylation sites (tertiary alicyclic amines) is 1. The monoisotopic (exact) mass is 529 g/mol. The fraction of sp³-hybridized carbons (Fsp3) is 0.500. The van der Waals surface area contributed by atoms with Crippen LogP contribution >= 0.6 is 11.6 Å². The molecule has 1 saturated heterocycles. The van der Waals surface area contributed by atoms with Gasteiger partial charge in [0.2, 0.25) is 0 Å². The number of rotatable bonds is 9. The molecule has 1 aliphatic heterocycles. The van der Waals surface area contributed by atoms with E-state index in [1.165, 1.54) is 14.2 Å². The Morgan fingerprint density at radius 1 is 1.14 bits per heavy atom. The topological polar surface area (TPSA) is 57.2 Å². The summed E-state index contributed by atoms with van der Waals surface area (Å²) < 4.78 is 62.2. The van der Waals surface area contributed by atoms with E-state index in [0.29, 0.717) is 42.3 Å². The van der Waals surface area contributed by atoms with Crippen LogP contribution in [0.15, 0.2) is 24.3 Å². The van der Waals surface area contributed by atoms with Crippen molar-refractivity contribution in [3.05, 3.63) is 51.5 Å². The van der Waals surface area contributed by atoms with Crippen LogP contribution in [0.25, 0.3) is 0 Å². The first-order chi connectivity index (χ1) is 17.1. The van der Waals surface area contributed by atoms with Gasteiger partial charge < -0.3 is 23.8 Å². The quantitative estimate of drug-likeness (QED) is 0.294. The highest BCUT2D eigenvalue weighted by Gasteiger charge is 2.39. The molecule has 0 N–H and O–H groups in total. The lowest BCUT2D eigenvalue weighted by atomic mass is 9.88. The number of halogens is 4. The Bertz CT molecular complexity index is 1090. The third kappa shape index (κ3) is 5.74. The summed E-state index contributed by atoms with van der Waals surface area (Å²) in [6.45, 7) is 5.66. The molecule has 1 aliphatic rings. The molecular weight excluding hydrogens is 499 g/mol. The number of nitrogens with zero attached hydrogens (tertiary/aromatic N) is 1. The SMILES string of the molecule is CCOC[C@H]1[C@H](c2c(OC)cc(OC)c(CC)c2OC(=O)c2ccc(C(F)(F)F)cc2Cl)CCN1C. The molecule has 0 spiro atoms. The number of esters is 1. The van der Waals surface area contributed by atoms with Gasteiger partial charge in [0, 0.05) is 35.8 Å². The molecule has 2 atom stereocenters. The molecule has 0 unspecified atom stereocenters. The van der Waals surface area contributed by atoms with E-state index in [4.69, 9.17) is 30.5 Å². The first-order valence-electron chi connectivity index (χ1n) is 11.7. The van der Waals surface area contributed by atoms with Gasteiger partial charge in [-0.05, 0) is 51.6 Å². The van der Waals surface area contributed by atoms with E-state index in [0.717, 1.165) is 31.2 Å². The van der Waals surface area contributed by atoms with Gasteiger partial charge in [0.15, 0.2) is 0 Å². The summed E-state index contributed by atoms with van der Waals surface area (Å²) in [5.74, 6) is 0.294. The van der Waals surface area contributed by atoms with E-state index < -0.39 is 17.7 Å². The van der Waals surface area contributed by atoms with Crippen LogP contribution < -0.4 is 14.2 Å². The van der Waals surface area contributed by atoms with Gasteiger partial charge >= 0.3 is 12.1 Å². The fourth-order valence-corrected chi connectivity index (χ4v) is 4.91. The summed E-state index contributed by atoms with van der Waals surface area (Å²) in [5.41, 5.74) is 0.221. The zero-order chi connectivity index (χ0) is 26.6. The van der Waals surface area contributed by atoms with E-state index in [2.05, 4.69) is 4.90 Å². The van der Waals surface area contributed by atoms with Crippen LogP contribution in [0.1, 0.15) is 53.2 Å². The summed E-state index contributed by atoms with van der Waals surface area (Å²) in [4.78, 5) is 15.4. The average Bonchev–Trinajstić information content (AvgIpc) is 3.20. The summed E-state index contributed by atoms with van der Waals surface area (Å²) in [6.07, 6.45) is -3.34. The smallest absolute Gasteiger partial charge is 0.416 e. The number of methoxy groups -OCH3 is 2. The van der Waals surface area contributed by atoms with Crippen molar-refractivity contribution in [3.63, 3.8) is 0 Å². The zero-order valence-electron chi connectivity index (χ0n) is 21.0. The largest absolute Gasteiger partial charge is 0.496 e. The van der Waals surface area contributed by atoms with Gasteiger partial charge in [0.05, 0.1) is 37.0 Å². The number of hydrogen-bond acceptors (Lipinski definition) is 6. The maximum Gasteiger partial charge on any atom is 0.416 e. The summed E-state index contributed by atoms with van der Waals surface area (Å²) in [7, 11) is 5.04. The molecule has 0 aromatic heterocycles. The number of ether oxygens (including phenoxy) is 4. The minimum Gasteiger partial charge on any atom is -0.496 e. The highest BCUT2D eigenvalue weighted by atomic mass is 35.5. The molecule has 3 rings (SSSR count). The Morgan fingerprint density at radius 3 is 2.39 bits per heavy atom. The van der Waals surface area contributed by atoms with Gasteiger partial charge in [-0.15, -0.1) is 0 Å². The van der Waals surface area contributed by atoms with Gasteiger partial charge in [-0.25, -0.2) is 4.79 Å². The van der Waals surface area contributed by atoms with Crippen molar-refractivity contribution < 1.29 is 36.9 Å². The van der Waals surface area contributed by atoms with Crippen LogP contribution in [0.4, 0.5) is 13.2 Å². The van der Waals surface area contributed by atoms with E-state index in [9.17, 15) is 18.0 Å². The second-order valence-corrected chi connectivity index (χ2v) is 8.95. The Balaban J connectivity index is 2.12. The molecule has 198 valence electrons. The second kappa shape index (κ2) is 11.7. The Labute approximate surface area is 214 Å². The van der Waals surface area contributed by atoms with Crippen molar-refractivity contribution in [2.75, 3.05) is 41.0 Å². The number of carbonyl (C=O) groups is 1. The van der Waals surface area contributed by atoms with E-state index in [1.807, 2.05) is 20.9 Å². The molecule has 1 heterocycles. The van der Waals surface area contributed by atoms with Crippen molar-refractivity contribution in [2.24, 2.45) is 0 Å². The molecule has 0 bridgehead atoms. The number of likely N-dealkylation sites (N-methyl/N-ethyl adjacent to an activating group) is 1.